The topological polar surface area (TPSA) is 21.3 Å². The lowest BCUT2D eigenvalue weighted by Crippen LogP contribution is -2.00. The predicted molar refractivity (Wildman–Crippen MR) is 74.4 cm³/mol. The van der Waals surface area contributed by atoms with Gasteiger partial charge in [0.15, 0.2) is 0 Å². The van der Waals surface area contributed by atoms with Crippen LogP contribution in [0.3, 0.4) is 0 Å². The number of ether oxygens (including phenoxy) is 1. The zero-order valence-electron chi connectivity index (χ0n) is 9.79. The second kappa shape index (κ2) is 5.43. The summed E-state index contributed by atoms with van der Waals surface area (Å²) in [6.45, 7) is 2.82. The maximum absolute atomic E-state index is 5.88. The number of rotatable bonds is 4. The molecule has 4 heteroatoms. The van der Waals surface area contributed by atoms with Crippen molar-refractivity contribution < 1.29 is 4.74 Å². The third-order valence-corrected chi connectivity index (χ3v) is 3.71. The minimum atomic E-state index is 0.761. The molecule has 0 fully saturated rings. The molecule has 1 N–H and O–H groups in total. The Morgan fingerprint density at radius 2 is 2.18 bits per heavy atom. The van der Waals surface area contributed by atoms with Gasteiger partial charge < -0.3 is 10.1 Å². The molecule has 0 atom stereocenters. The van der Waals surface area contributed by atoms with Crippen LogP contribution in [0.2, 0.25) is 5.02 Å². The van der Waals surface area contributed by atoms with E-state index < -0.39 is 0 Å². The molecule has 90 valence electrons. The second-order valence-corrected chi connectivity index (χ2v) is 5.22. The molecule has 0 unspecified atom stereocenters. The molecule has 0 aliphatic carbocycles. The van der Waals surface area contributed by atoms with Crippen LogP contribution >= 0.6 is 22.9 Å². The Kier molecular flexibility index (Phi) is 3.92. The first kappa shape index (κ1) is 12.3. The molecule has 2 nitrogen and oxygen atoms in total. The van der Waals surface area contributed by atoms with Crippen molar-refractivity contribution in [2.24, 2.45) is 0 Å². The van der Waals surface area contributed by atoms with Crippen LogP contribution in [0.1, 0.15) is 10.4 Å². The van der Waals surface area contributed by atoms with Crippen molar-refractivity contribution in [1.82, 2.24) is 0 Å². The predicted octanol–water partition coefficient (Wildman–Crippen LogP) is 4.33. The molecule has 0 saturated carbocycles. The van der Waals surface area contributed by atoms with Crippen molar-refractivity contribution in [1.29, 1.82) is 0 Å². The van der Waals surface area contributed by atoms with E-state index in [2.05, 4.69) is 18.3 Å². The van der Waals surface area contributed by atoms with E-state index in [1.54, 1.807) is 18.4 Å². The lowest BCUT2D eigenvalue weighted by atomic mass is 10.2. The zero-order valence-corrected chi connectivity index (χ0v) is 11.4. The average molecular weight is 268 g/mol. The molecule has 0 spiro atoms. The van der Waals surface area contributed by atoms with Crippen LogP contribution in [0, 0.1) is 6.92 Å². The highest BCUT2D eigenvalue weighted by atomic mass is 35.5. The molecule has 2 aromatic rings. The fraction of sp³-hybridized carbons (Fsp3) is 0.231. The summed E-state index contributed by atoms with van der Waals surface area (Å²) < 4.78 is 5.31. The van der Waals surface area contributed by atoms with E-state index in [0.717, 1.165) is 23.0 Å². The number of thiophene rings is 1. The Morgan fingerprint density at radius 3 is 2.82 bits per heavy atom. The molecule has 17 heavy (non-hydrogen) atoms. The lowest BCUT2D eigenvalue weighted by molar-refractivity contribution is 0.416. The average Bonchev–Trinajstić information content (AvgIpc) is 2.73. The summed E-state index contributed by atoms with van der Waals surface area (Å²) in [4.78, 5) is 1.21. The molecule has 2 rings (SSSR count). The molecule has 0 aliphatic heterocycles. The highest BCUT2D eigenvalue weighted by Crippen LogP contribution is 2.27. The first-order valence-corrected chi connectivity index (χ1v) is 6.56. The summed E-state index contributed by atoms with van der Waals surface area (Å²) in [7, 11) is 1.68. The number of anilines is 1. The maximum Gasteiger partial charge on any atom is 0.141 e. The molecular formula is C13H14ClNOS. The number of halogens is 1. The minimum Gasteiger partial charge on any atom is -0.495 e. The van der Waals surface area contributed by atoms with E-state index in [0.29, 0.717) is 0 Å². The Balaban J connectivity index is 2.10. The third-order valence-electron chi connectivity index (χ3n) is 2.43. The Hall–Kier alpha value is -1.19. The number of nitrogens with one attached hydrogen (secondary N) is 1. The van der Waals surface area contributed by atoms with Crippen molar-refractivity contribution in [3.8, 4) is 5.75 Å². The van der Waals surface area contributed by atoms with Gasteiger partial charge in [-0.05, 0) is 30.7 Å². The van der Waals surface area contributed by atoms with Crippen LogP contribution in [-0.2, 0) is 6.54 Å². The molecule has 0 saturated heterocycles. The molecule has 0 amide bonds. The van der Waals surface area contributed by atoms with Crippen LogP contribution in [0.15, 0.2) is 29.6 Å². The van der Waals surface area contributed by atoms with Gasteiger partial charge in [-0.1, -0.05) is 17.7 Å². The summed E-state index contributed by atoms with van der Waals surface area (Å²) in [5.41, 5.74) is 2.22. The molecule has 0 aliphatic rings. The standard InChI is InChI=1S/C13H14ClNOS/c1-9-3-4-13(16-2)12(5-9)15-7-11-6-10(14)8-17-11/h3-6,8,15H,7H2,1-2H3. The monoisotopic (exact) mass is 267 g/mol. The van der Waals surface area contributed by atoms with Gasteiger partial charge in [-0.3, -0.25) is 0 Å². The fourth-order valence-corrected chi connectivity index (χ4v) is 2.60. The SMILES string of the molecule is COc1ccc(C)cc1NCc1cc(Cl)cs1. The number of methoxy groups -OCH3 is 1. The van der Waals surface area contributed by atoms with Gasteiger partial charge in [0.25, 0.3) is 0 Å². The molecule has 1 aromatic heterocycles. The van der Waals surface area contributed by atoms with E-state index in [-0.39, 0.29) is 0 Å². The molecule has 1 heterocycles. The summed E-state index contributed by atoms with van der Waals surface area (Å²) in [6.07, 6.45) is 0. The molecule has 1 aromatic carbocycles. The van der Waals surface area contributed by atoms with Crippen LogP contribution in [-0.4, -0.2) is 7.11 Å². The first-order valence-electron chi connectivity index (χ1n) is 5.30. The van der Waals surface area contributed by atoms with Crippen molar-refractivity contribution >= 4 is 28.6 Å². The van der Waals surface area contributed by atoms with Gasteiger partial charge >= 0.3 is 0 Å². The normalized spacial score (nSPS) is 10.3. The number of hydrogen-bond donors (Lipinski definition) is 1. The van der Waals surface area contributed by atoms with Crippen LogP contribution in [0.25, 0.3) is 0 Å². The number of aryl methyl sites for hydroxylation is 1. The summed E-state index contributed by atoms with van der Waals surface area (Å²) >= 11 is 7.54. The van der Waals surface area contributed by atoms with Gasteiger partial charge in [0.2, 0.25) is 0 Å². The van der Waals surface area contributed by atoms with E-state index in [1.807, 2.05) is 23.6 Å². The highest BCUT2D eigenvalue weighted by molar-refractivity contribution is 7.10. The van der Waals surface area contributed by atoms with Gasteiger partial charge in [-0.15, -0.1) is 11.3 Å². The Bertz CT molecular complexity index is 510. The van der Waals surface area contributed by atoms with Gasteiger partial charge in [-0.2, -0.15) is 0 Å². The quantitative estimate of drug-likeness (QED) is 0.890. The summed E-state index contributed by atoms with van der Waals surface area (Å²) in [5, 5.41) is 6.09. The second-order valence-electron chi connectivity index (χ2n) is 3.79. The third kappa shape index (κ3) is 3.14. The number of hydrogen-bond acceptors (Lipinski definition) is 3. The highest BCUT2D eigenvalue weighted by Gasteiger charge is 2.03. The van der Waals surface area contributed by atoms with E-state index >= 15 is 0 Å². The Morgan fingerprint density at radius 1 is 1.35 bits per heavy atom. The van der Waals surface area contributed by atoms with Crippen molar-refractivity contribution in [3.05, 3.63) is 45.1 Å². The van der Waals surface area contributed by atoms with Gasteiger partial charge in [0, 0.05) is 16.8 Å². The molecular weight excluding hydrogens is 254 g/mol. The smallest absolute Gasteiger partial charge is 0.141 e. The molecule has 0 bridgehead atoms. The van der Waals surface area contributed by atoms with E-state index in [4.69, 9.17) is 16.3 Å². The maximum atomic E-state index is 5.88. The number of benzene rings is 1. The van der Waals surface area contributed by atoms with Gasteiger partial charge in [0.05, 0.1) is 17.8 Å². The van der Waals surface area contributed by atoms with Gasteiger partial charge in [0.1, 0.15) is 5.75 Å². The Labute approximate surface area is 110 Å². The van der Waals surface area contributed by atoms with E-state index in [9.17, 15) is 0 Å². The summed E-state index contributed by atoms with van der Waals surface area (Å²) in [6, 6.07) is 8.06. The zero-order chi connectivity index (χ0) is 12.3. The lowest BCUT2D eigenvalue weighted by Gasteiger charge is -2.11. The first-order chi connectivity index (χ1) is 8.19. The van der Waals surface area contributed by atoms with Crippen LogP contribution < -0.4 is 10.1 Å². The minimum absolute atomic E-state index is 0.761. The fourth-order valence-electron chi connectivity index (χ4n) is 1.59. The van der Waals surface area contributed by atoms with Crippen molar-refractivity contribution in [3.63, 3.8) is 0 Å². The van der Waals surface area contributed by atoms with Crippen molar-refractivity contribution in [2.45, 2.75) is 13.5 Å². The van der Waals surface area contributed by atoms with Crippen LogP contribution in [0.5, 0.6) is 5.75 Å². The summed E-state index contributed by atoms with van der Waals surface area (Å²) in [5.74, 6) is 0.859. The molecule has 0 radical (unpaired) electrons. The van der Waals surface area contributed by atoms with Crippen LogP contribution in [0.4, 0.5) is 5.69 Å². The van der Waals surface area contributed by atoms with Crippen molar-refractivity contribution in [2.75, 3.05) is 12.4 Å². The largest absolute Gasteiger partial charge is 0.495 e. The van der Waals surface area contributed by atoms with E-state index in [1.165, 1.54) is 10.4 Å². The van der Waals surface area contributed by atoms with Gasteiger partial charge in [-0.25, -0.2) is 0 Å².